The highest BCUT2D eigenvalue weighted by Gasteiger charge is 2.25. The van der Waals surface area contributed by atoms with E-state index in [1.165, 1.54) is 17.1 Å². The summed E-state index contributed by atoms with van der Waals surface area (Å²) in [6.07, 6.45) is 2.19. The maximum absolute atomic E-state index is 13.1. The SMILES string of the molecule is O=C(Nc1ccn(-c2ccccc2)n1)C1=NN(Cc2ccc(F)cc2)C(=O)CC1. The molecule has 2 amide bonds. The van der Waals surface area contributed by atoms with Gasteiger partial charge in [-0.25, -0.2) is 14.1 Å². The Bertz CT molecular complexity index is 1060. The lowest BCUT2D eigenvalue weighted by molar-refractivity contribution is -0.132. The third-order valence-corrected chi connectivity index (χ3v) is 4.46. The molecule has 29 heavy (non-hydrogen) atoms. The van der Waals surface area contributed by atoms with Crippen LogP contribution in [0, 0.1) is 5.82 Å². The van der Waals surface area contributed by atoms with Crippen LogP contribution in [0.2, 0.25) is 0 Å². The zero-order valence-corrected chi connectivity index (χ0v) is 15.5. The number of hydrogen-bond donors (Lipinski definition) is 1. The fraction of sp³-hybridized carbons (Fsp3) is 0.143. The van der Waals surface area contributed by atoms with E-state index < -0.39 is 5.91 Å². The molecule has 4 rings (SSSR count). The Morgan fingerprint density at radius 1 is 1.03 bits per heavy atom. The first-order valence-corrected chi connectivity index (χ1v) is 9.13. The Morgan fingerprint density at radius 2 is 1.79 bits per heavy atom. The molecule has 0 unspecified atom stereocenters. The van der Waals surface area contributed by atoms with Crippen molar-refractivity contribution in [3.05, 3.63) is 78.2 Å². The van der Waals surface area contributed by atoms with Crippen LogP contribution in [0.1, 0.15) is 18.4 Å². The minimum Gasteiger partial charge on any atom is -0.304 e. The van der Waals surface area contributed by atoms with Crippen LogP contribution < -0.4 is 5.32 Å². The molecule has 1 N–H and O–H groups in total. The number of benzene rings is 2. The molecular weight excluding hydrogens is 373 g/mol. The molecule has 1 aromatic heterocycles. The smallest absolute Gasteiger partial charge is 0.273 e. The van der Waals surface area contributed by atoms with Crippen LogP contribution in [0.15, 0.2) is 72.0 Å². The number of nitrogens with zero attached hydrogens (tertiary/aromatic N) is 4. The van der Waals surface area contributed by atoms with E-state index in [2.05, 4.69) is 15.5 Å². The van der Waals surface area contributed by atoms with Gasteiger partial charge in [-0.15, -0.1) is 0 Å². The molecule has 2 aromatic carbocycles. The van der Waals surface area contributed by atoms with Crippen molar-refractivity contribution in [1.29, 1.82) is 0 Å². The summed E-state index contributed by atoms with van der Waals surface area (Å²) in [5.74, 6) is -0.542. The van der Waals surface area contributed by atoms with E-state index in [9.17, 15) is 14.0 Å². The Labute approximate surface area is 166 Å². The summed E-state index contributed by atoms with van der Waals surface area (Å²) in [5, 5.41) is 12.5. The fourth-order valence-corrected chi connectivity index (χ4v) is 2.95. The molecular formula is C21H18FN5O2. The molecule has 0 saturated heterocycles. The van der Waals surface area contributed by atoms with Gasteiger partial charge in [0.1, 0.15) is 11.5 Å². The number of aromatic nitrogens is 2. The minimum atomic E-state index is -0.403. The van der Waals surface area contributed by atoms with Crippen LogP contribution in [-0.2, 0) is 16.1 Å². The lowest BCUT2D eigenvalue weighted by Gasteiger charge is -2.23. The van der Waals surface area contributed by atoms with Crippen molar-refractivity contribution < 1.29 is 14.0 Å². The first kappa shape index (κ1) is 18.5. The zero-order valence-electron chi connectivity index (χ0n) is 15.5. The van der Waals surface area contributed by atoms with Crippen LogP contribution >= 0.6 is 0 Å². The van der Waals surface area contributed by atoms with Crippen molar-refractivity contribution >= 4 is 23.3 Å². The number of hydrogen-bond acceptors (Lipinski definition) is 4. The second kappa shape index (κ2) is 8.05. The normalized spacial score (nSPS) is 13.9. The number of carbonyl (C=O) groups excluding carboxylic acids is 2. The third-order valence-electron chi connectivity index (χ3n) is 4.46. The lowest BCUT2D eigenvalue weighted by Crippen LogP contribution is -2.36. The highest BCUT2D eigenvalue weighted by atomic mass is 19.1. The molecule has 8 heteroatoms. The number of amides is 2. The van der Waals surface area contributed by atoms with Gasteiger partial charge in [-0.2, -0.15) is 10.2 Å². The second-order valence-electron chi connectivity index (χ2n) is 6.56. The Hall–Kier alpha value is -3.81. The van der Waals surface area contributed by atoms with Crippen LogP contribution in [0.25, 0.3) is 5.69 Å². The summed E-state index contributed by atoms with van der Waals surface area (Å²) >= 11 is 0. The molecule has 0 atom stereocenters. The summed E-state index contributed by atoms with van der Waals surface area (Å²) in [4.78, 5) is 24.7. The van der Waals surface area contributed by atoms with Gasteiger partial charge in [-0.05, 0) is 29.8 Å². The Kier molecular flexibility index (Phi) is 5.15. The summed E-state index contributed by atoms with van der Waals surface area (Å²) in [5.41, 5.74) is 1.85. The monoisotopic (exact) mass is 391 g/mol. The van der Waals surface area contributed by atoms with E-state index >= 15 is 0 Å². The van der Waals surface area contributed by atoms with Gasteiger partial charge < -0.3 is 5.32 Å². The maximum atomic E-state index is 13.1. The molecule has 7 nitrogen and oxygen atoms in total. The first-order chi connectivity index (χ1) is 14.1. The van der Waals surface area contributed by atoms with Crippen LogP contribution in [-0.4, -0.2) is 32.3 Å². The largest absolute Gasteiger partial charge is 0.304 e. The molecule has 1 aliphatic rings. The van der Waals surface area contributed by atoms with Crippen LogP contribution in [0.4, 0.5) is 10.2 Å². The average molecular weight is 391 g/mol. The minimum absolute atomic E-state index is 0.179. The molecule has 0 saturated carbocycles. The maximum Gasteiger partial charge on any atom is 0.273 e. The predicted octanol–water partition coefficient (Wildman–Crippen LogP) is 3.13. The molecule has 2 heterocycles. The lowest BCUT2D eigenvalue weighted by atomic mass is 10.1. The molecule has 1 aliphatic heterocycles. The number of hydrazone groups is 1. The van der Waals surface area contributed by atoms with Gasteiger partial charge in [0.2, 0.25) is 5.91 Å². The summed E-state index contributed by atoms with van der Waals surface area (Å²) in [6, 6.07) is 17.0. The number of rotatable bonds is 5. The molecule has 0 bridgehead atoms. The van der Waals surface area contributed by atoms with Crippen LogP contribution in [0.3, 0.4) is 0 Å². The van der Waals surface area contributed by atoms with Crippen molar-refractivity contribution in [3.8, 4) is 5.69 Å². The van der Waals surface area contributed by atoms with Gasteiger partial charge >= 0.3 is 0 Å². The fourth-order valence-electron chi connectivity index (χ4n) is 2.95. The number of carbonyl (C=O) groups is 2. The molecule has 146 valence electrons. The van der Waals surface area contributed by atoms with E-state index in [1.807, 2.05) is 30.3 Å². The predicted molar refractivity (Wildman–Crippen MR) is 106 cm³/mol. The molecule has 0 radical (unpaired) electrons. The van der Waals surface area contributed by atoms with E-state index in [0.29, 0.717) is 5.82 Å². The molecule has 0 fully saturated rings. The Balaban J connectivity index is 1.45. The topological polar surface area (TPSA) is 79.6 Å². The highest BCUT2D eigenvalue weighted by Crippen LogP contribution is 2.16. The zero-order chi connectivity index (χ0) is 20.2. The van der Waals surface area contributed by atoms with Gasteiger partial charge in [0.05, 0.1) is 12.2 Å². The standard InChI is InChI=1S/C21H18FN5O2/c22-16-8-6-15(7-9-16)14-27-20(28)11-10-18(24-27)21(29)23-19-12-13-26(25-19)17-4-2-1-3-5-17/h1-9,12-13H,10-11,14H2,(H,23,25,29). The highest BCUT2D eigenvalue weighted by molar-refractivity contribution is 6.43. The van der Waals surface area contributed by atoms with Gasteiger partial charge in [0.25, 0.3) is 5.91 Å². The molecule has 3 aromatic rings. The number of para-hydroxylation sites is 1. The van der Waals surface area contributed by atoms with Crippen molar-refractivity contribution in [2.45, 2.75) is 19.4 Å². The van der Waals surface area contributed by atoms with Crippen LogP contribution in [0.5, 0.6) is 0 Å². The summed E-state index contributed by atoms with van der Waals surface area (Å²) in [6.45, 7) is 0.179. The number of halogens is 1. The molecule has 0 spiro atoms. The first-order valence-electron chi connectivity index (χ1n) is 9.13. The van der Waals surface area contributed by atoms with E-state index in [4.69, 9.17) is 0 Å². The van der Waals surface area contributed by atoms with Crippen molar-refractivity contribution in [3.63, 3.8) is 0 Å². The summed E-state index contributed by atoms with van der Waals surface area (Å²) in [7, 11) is 0. The number of anilines is 1. The van der Waals surface area contributed by atoms with E-state index in [-0.39, 0.29) is 36.8 Å². The average Bonchev–Trinajstić information content (AvgIpc) is 3.20. The van der Waals surface area contributed by atoms with Gasteiger partial charge in [0.15, 0.2) is 5.82 Å². The summed E-state index contributed by atoms with van der Waals surface area (Å²) < 4.78 is 14.7. The molecule has 0 aliphatic carbocycles. The van der Waals surface area contributed by atoms with E-state index in [1.54, 1.807) is 29.1 Å². The van der Waals surface area contributed by atoms with Gasteiger partial charge in [-0.1, -0.05) is 30.3 Å². The van der Waals surface area contributed by atoms with Crippen molar-refractivity contribution in [2.75, 3.05) is 5.32 Å². The van der Waals surface area contributed by atoms with Gasteiger partial charge in [-0.3, -0.25) is 9.59 Å². The van der Waals surface area contributed by atoms with Gasteiger partial charge in [0, 0.05) is 25.1 Å². The van der Waals surface area contributed by atoms with E-state index in [0.717, 1.165) is 11.3 Å². The quantitative estimate of drug-likeness (QED) is 0.726. The third kappa shape index (κ3) is 4.37. The Morgan fingerprint density at radius 3 is 2.55 bits per heavy atom. The van der Waals surface area contributed by atoms with Crippen molar-refractivity contribution in [2.24, 2.45) is 5.10 Å². The number of nitrogens with one attached hydrogen (secondary N) is 1. The van der Waals surface area contributed by atoms with Crippen molar-refractivity contribution in [1.82, 2.24) is 14.8 Å². The second-order valence-corrected chi connectivity index (χ2v) is 6.56.